The number of hydrogen-bond acceptors (Lipinski definition) is 7. The third kappa shape index (κ3) is 6.48. The number of nitrogens with zero attached hydrogens (tertiary/aromatic N) is 4. The number of ether oxygens (including phenoxy) is 2. The molecule has 0 bridgehead atoms. The number of rotatable bonds is 9. The highest BCUT2D eigenvalue weighted by atomic mass is 19.4. The van der Waals surface area contributed by atoms with Crippen LogP contribution < -0.4 is 9.47 Å². The Labute approximate surface area is 208 Å². The maximum atomic E-state index is 12.7. The smallest absolute Gasteiger partial charge is 0.416 e. The van der Waals surface area contributed by atoms with Crippen LogP contribution in [0, 0.1) is 0 Å². The minimum atomic E-state index is -4.42. The van der Waals surface area contributed by atoms with Crippen LogP contribution >= 0.6 is 0 Å². The van der Waals surface area contributed by atoms with Crippen molar-refractivity contribution in [2.75, 3.05) is 0 Å². The van der Waals surface area contributed by atoms with Gasteiger partial charge in [-0.25, -0.2) is 4.79 Å². The molecule has 1 unspecified atom stereocenters. The predicted octanol–water partition coefficient (Wildman–Crippen LogP) is 4.89. The third-order valence-corrected chi connectivity index (χ3v) is 5.15. The molecule has 0 radical (unpaired) electrons. The molecule has 0 fully saturated rings. The number of benzene rings is 3. The zero-order valence-corrected chi connectivity index (χ0v) is 19.2. The van der Waals surface area contributed by atoms with E-state index in [2.05, 4.69) is 15.4 Å². The number of ketones is 1. The first-order valence-corrected chi connectivity index (χ1v) is 10.8. The molecule has 0 aliphatic rings. The summed E-state index contributed by atoms with van der Waals surface area (Å²) in [5, 5.41) is 20.9. The van der Waals surface area contributed by atoms with Gasteiger partial charge >= 0.3 is 12.1 Å². The van der Waals surface area contributed by atoms with Crippen LogP contribution in [-0.4, -0.2) is 43.2 Å². The molecule has 37 heavy (non-hydrogen) atoms. The lowest BCUT2D eigenvalue weighted by Gasteiger charge is -2.14. The number of Topliss-reactive ketones (excluding diaryl/α,β-unsaturated/α-hetero) is 1. The highest BCUT2D eigenvalue weighted by Gasteiger charge is 2.30. The largest absolute Gasteiger partial charge is 0.483 e. The Kier molecular flexibility index (Phi) is 7.18. The van der Waals surface area contributed by atoms with Gasteiger partial charge in [-0.3, -0.25) is 4.79 Å². The molecular formula is C25H19F3N4O5. The molecule has 9 nitrogen and oxygen atoms in total. The van der Waals surface area contributed by atoms with E-state index < -0.39 is 23.8 Å². The monoisotopic (exact) mass is 512 g/mol. The predicted molar refractivity (Wildman–Crippen MR) is 123 cm³/mol. The molecule has 4 rings (SSSR count). The molecule has 0 aliphatic carbocycles. The zero-order chi connectivity index (χ0) is 26.6. The maximum absolute atomic E-state index is 12.7. The van der Waals surface area contributed by atoms with E-state index in [0.29, 0.717) is 17.1 Å². The van der Waals surface area contributed by atoms with Crippen molar-refractivity contribution >= 4 is 11.8 Å². The number of aromatic nitrogens is 4. The standard InChI is InChI=1S/C25H19F3N4O5/c1-15(22(33)14-32-30-23(29-31-32)16-2-4-17(5-3-16)24(34)35)36-19-10-12-21(13-11-19)37-20-8-6-18(7-9-20)25(26,27)28/h2-13,15H,14H2,1H3,(H,34,35). The molecule has 4 aromatic rings. The minimum absolute atomic E-state index is 0.122. The Morgan fingerprint density at radius 1 is 0.919 bits per heavy atom. The summed E-state index contributed by atoms with van der Waals surface area (Å²) < 4.78 is 49.2. The first-order chi connectivity index (χ1) is 17.6. The molecule has 1 atom stereocenters. The van der Waals surface area contributed by atoms with Gasteiger partial charge in [0, 0.05) is 5.56 Å². The number of carbonyl (C=O) groups is 2. The van der Waals surface area contributed by atoms with E-state index in [-0.39, 0.29) is 29.5 Å². The summed E-state index contributed by atoms with van der Waals surface area (Å²) in [4.78, 5) is 24.6. The average Bonchev–Trinajstić information content (AvgIpc) is 3.33. The second-order valence-electron chi connectivity index (χ2n) is 7.85. The fraction of sp³-hybridized carbons (Fsp3) is 0.160. The molecule has 0 saturated heterocycles. The van der Waals surface area contributed by atoms with E-state index in [1.54, 1.807) is 43.3 Å². The number of tetrazole rings is 1. The molecule has 0 saturated carbocycles. The highest BCUT2D eigenvalue weighted by Crippen LogP contribution is 2.31. The molecule has 1 heterocycles. The summed E-state index contributed by atoms with van der Waals surface area (Å²) in [5.41, 5.74) is -0.1000. The summed E-state index contributed by atoms with van der Waals surface area (Å²) in [7, 11) is 0. The van der Waals surface area contributed by atoms with Crippen molar-refractivity contribution in [3.63, 3.8) is 0 Å². The average molecular weight is 512 g/mol. The van der Waals surface area contributed by atoms with Gasteiger partial charge in [0.15, 0.2) is 11.9 Å². The van der Waals surface area contributed by atoms with Gasteiger partial charge < -0.3 is 14.6 Å². The number of carboxylic acid groups (broad SMARTS) is 1. The van der Waals surface area contributed by atoms with Gasteiger partial charge in [-0.2, -0.15) is 18.0 Å². The van der Waals surface area contributed by atoms with E-state index in [4.69, 9.17) is 14.6 Å². The third-order valence-electron chi connectivity index (χ3n) is 5.15. The van der Waals surface area contributed by atoms with Crippen LogP contribution in [0.2, 0.25) is 0 Å². The van der Waals surface area contributed by atoms with Gasteiger partial charge in [-0.1, -0.05) is 12.1 Å². The lowest BCUT2D eigenvalue weighted by molar-refractivity contribution is -0.137. The van der Waals surface area contributed by atoms with Crippen molar-refractivity contribution in [1.29, 1.82) is 0 Å². The van der Waals surface area contributed by atoms with Crippen molar-refractivity contribution in [3.8, 4) is 28.6 Å². The number of carbonyl (C=O) groups excluding carboxylic acids is 1. The van der Waals surface area contributed by atoms with Gasteiger partial charge in [0.25, 0.3) is 0 Å². The maximum Gasteiger partial charge on any atom is 0.416 e. The van der Waals surface area contributed by atoms with Crippen LogP contribution in [0.1, 0.15) is 22.8 Å². The lowest BCUT2D eigenvalue weighted by atomic mass is 10.1. The molecule has 1 aromatic heterocycles. The summed E-state index contributed by atoms with van der Waals surface area (Å²) in [6.45, 7) is 1.37. The topological polar surface area (TPSA) is 116 Å². The van der Waals surface area contributed by atoms with Gasteiger partial charge in [-0.05, 0) is 72.8 Å². The van der Waals surface area contributed by atoms with Gasteiger partial charge in [0.2, 0.25) is 5.82 Å². The van der Waals surface area contributed by atoms with E-state index in [1.807, 2.05) is 0 Å². The second-order valence-corrected chi connectivity index (χ2v) is 7.85. The molecule has 3 aromatic carbocycles. The molecule has 0 amide bonds. The second kappa shape index (κ2) is 10.5. The molecule has 12 heteroatoms. The Balaban J connectivity index is 1.31. The summed E-state index contributed by atoms with van der Waals surface area (Å²) in [6, 6.07) is 16.5. The molecule has 0 spiro atoms. The van der Waals surface area contributed by atoms with Crippen LogP contribution in [0.15, 0.2) is 72.8 Å². The first kappa shape index (κ1) is 25.4. The van der Waals surface area contributed by atoms with E-state index in [1.165, 1.54) is 24.3 Å². The number of alkyl halides is 3. The number of hydrogen-bond donors (Lipinski definition) is 1. The molecular weight excluding hydrogens is 493 g/mol. The number of halogens is 3. The Morgan fingerprint density at radius 2 is 1.49 bits per heavy atom. The summed E-state index contributed by atoms with van der Waals surface area (Å²) >= 11 is 0. The van der Waals surface area contributed by atoms with Crippen LogP contribution in [0.5, 0.6) is 17.2 Å². The van der Waals surface area contributed by atoms with Crippen LogP contribution in [0.4, 0.5) is 13.2 Å². The summed E-state index contributed by atoms with van der Waals surface area (Å²) in [6.07, 6.45) is -5.26. The van der Waals surface area contributed by atoms with Crippen LogP contribution in [-0.2, 0) is 17.5 Å². The van der Waals surface area contributed by atoms with Gasteiger partial charge in [-0.15, -0.1) is 10.2 Å². The Morgan fingerprint density at radius 3 is 2.05 bits per heavy atom. The van der Waals surface area contributed by atoms with E-state index >= 15 is 0 Å². The van der Waals surface area contributed by atoms with Crippen molar-refractivity contribution in [1.82, 2.24) is 20.2 Å². The van der Waals surface area contributed by atoms with Crippen molar-refractivity contribution in [3.05, 3.63) is 83.9 Å². The van der Waals surface area contributed by atoms with E-state index in [0.717, 1.165) is 16.9 Å². The first-order valence-electron chi connectivity index (χ1n) is 10.8. The van der Waals surface area contributed by atoms with E-state index in [9.17, 15) is 22.8 Å². The van der Waals surface area contributed by atoms with Crippen LogP contribution in [0.25, 0.3) is 11.4 Å². The fourth-order valence-corrected chi connectivity index (χ4v) is 3.16. The Hall–Kier alpha value is -4.74. The fourth-order valence-electron chi connectivity index (χ4n) is 3.16. The lowest BCUT2D eigenvalue weighted by Crippen LogP contribution is -2.28. The number of carboxylic acids is 1. The highest BCUT2D eigenvalue weighted by molar-refractivity contribution is 5.88. The van der Waals surface area contributed by atoms with Crippen LogP contribution in [0.3, 0.4) is 0 Å². The molecule has 0 aliphatic heterocycles. The Bertz CT molecular complexity index is 1390. The van der Waals surface area contributed by atoms with Crippen molar-refractivity contribution < 1.29 is 37.3 Å². The van der Waals surface area contributed by atoms with Gasteiger partial charge in [0.1, 0.15) is 23.8 Å². The zero-order valence-electron chi connectivity index (χ0n) is 19.2. The molecule has 190 valence electrons. The summed E-state index contributed by atoms with van der Waals surface area (Å²) in [5.74, 6) is -0.141. The SMILES string of the molecule is CC(Oc1ccc(Oc2ccc(C(F)(F)F)cc2)cc1)C(=O)Cn1nnc(-c2ccc(C(=O)O)cc2)n1. The van der Waals surface area contributed by atoms with Gasteiger partial charge in [0.05, 0.1) is 11.1 Å². The normalized spacial score (nSPS) is 12.1. The number of aromatic carboxylic acids is 1. The molecule has 1 N–H and O–H groups in total. The van der Waals surface area contributed by atoms with Crippen molar-refractivity contribution in [2.45, 2.75) is 25.7 Å². The minimum Gasteiger partial charge on any atom is -0.483 e. The quantitative estimate of drug-likeness (QED) is 0.337. The van der Waals surface area contributed by atoms with Crippen molar-refractivity contribution in [2.24, 2.45) is 0 Å².